The summed E-state index contributed by atoms with van der Waals surface area (Å²) in [6.07, 6.45) is 1.06. The van der Waals surface area contributed by atoms with Gasteiger partial charge in [0.05, 0.1) is 13.7 Å². The maximum absolute atomic E-state index is 9.54. The Bertz CT molecular complexity index is 369. The van der Waals surface area contributed by atoms with Crippen molar-refractivity contribution >= 4 is 0 Å². The van der Waals surface area contributed by atoms with Gasteiger partial charge in [0, 0.05) is 11.0 Å². The van der Waals surface area contributed by atoms with Crippen molar-refractivity contribution in [2.75, 3.05) is 13.7 Å². The van der Waals surface area contributed by atoms with Gasteiger partial charge in [-0.05, 0) is 25.3 Å². The van der Waals surface area contributed by atoms with Crippen molar-refractivity contribution in [2.24, 2.45) is 5.92 Å². The van der Waals surface area contributed by atoms with Crippen LogP contribution in [0.3, 0.4) is 0 Å². The molecule has 1 aliphatic rings. The number of hydrogen-bond donors (Lipinski definition) is 1. The normalized spacial score (nSPS) is 28.9. The first-order valence-electron chi connectivity index (χ1n) is 5.40. The van der Waals surface area contributed by atoms with Crippen molar-refractivity contribution in [2.45, 2.75) is 25.7 Å². The molecule has 1 fully saturated rings. The molecular formula is C13H18O2. The average molecular weight is 206 g/mol. The molecule has 0 saturated heterocycles. The molecule has 2 unspecified atom stereocenters. The largest absolute Gasteiger partial charge is 0.496 e. The molecule has 1 aromatic carbocycles. The Morgan fingerprint density at radius 1 is 1.53 bits per heavy atom. The van der Waals surface area contributed by atoms with Crippen LogP contribution in [-0.4, -0.2) is 18.8 Å². The summed E-state index contributed by atoms with van der Waals surface area (Å²) < 4.78 is 5.37. The number of benzene rings is 1. The van der Waals surface area contributed by atoms with Gasteiger partial charge in [-0.2, -0.15) is 0 Å². The Labute approximate surface area is 90.9 Å². The van der Waals surface area contributed by atoms with Crippen molar-refractivity contribution in [3.8, 4) is 5.75 Å². The van der Waals surface area contributed by atoms with E-state index in [1.165, 1.54) is 11.1 Å². The zero-order valence-corrected chi connectivity index (χ0v) is 9.58. The fourth-order valence-corrected chi connectivity index (χ4v) is 2.38. The van der Waals surface area contributed by atoms with Gasteiger partial charge in [0.25, 0.3) is 0 Å². The molecule has 0 aromatic heterocycles. The van der Waals surface area contributed by atoms with Crippen molar-refractivity contribution in [3.05, 3.63) is 29.3 Å². The van der Waals surface area contributed by atoms with E-state index in [4.69, 9.17) is 4.74 Å². The van der Waals surface area contributed by atoms with Gasteiger partial charge in [-0.1, -0.05) is 24.6 Å². The van der Waals surface area contributed by atoms with Crippen molar-refractivity contribution in [3.63, 3.8) is 0 Å². The third kappa shape index (κ3) is 1.53. The number of hydrogen-bond acceptors (Lipinski definition) is 2. The predicted octanol–water partition coefficient (Wildman–Crippen LogP) is 2.27. The third-order valence-electron chi connectivity index (χ3n) is 3.63. The number of rotatable bonds is 3. The summed E-state index contributed by atoms with van der Waals surface area (Å²) in [5.74, 6) is 1.46. The van der Waals surface area contributed by atoms with Crippen LogP contribution in [0.5, 0.6) is 5.75 Å². The SMILES string of the molecule is COc1ccc(C)cc1C1(CO)CC1C. The highest BCUT2D eigenvalue weighted by Gasteiger charge is 2.53. The molecule has 2 heteroatoms. The number of methoxy groups -OCH3 is 1. The maximum atomic E-state index is 9.54. The Balaban J connectivity index is 2.46. The van der Waals surface area contributed by atoms with Crippen LogP contribution in [0.1, 0.15) is 24.5 Å². The summed E-state index contributed by atoms with van der Waals surface area (Å²) in [7, 11) is 1.69. The standard InChI is InChI=1S/C13H18O2/c1-9-4-5-12(15-3)11(6-9)13(8-14)7-10(13)2/h4-6,10,14H,7-8H2,1-3H3. The molecule has 0 spiro atoms. The second kappa shape index (κ2) is 3.53. The molecule has 1 aromatic rings. The van der Waals surface area contributed by atoms with Gasteiger partial charge in [-0.3, -0.25) is 0 Å². The summed E-state index contributed by atoms with van der Waals surface area (Å²) >= 11 is 0. The molecular weight excluding hydrogens is 188 g/mol. The van der Waals surface area contributed by atoms with E-state index >= 15 is 0 Å². The molecule has 82 valence electrons. The highest BCUT2D eigenvalue weighted by molar-refractivity contribution is 5.46. The van der Waals surface area contributed by atoms with Crippen LogP contribution in [0.15, 0.2) is 18.2 Å². The van der Waals surface area contributed by atoms with E-state index < -0.39 is 0 Å². The molecule has 2 nitrogen and oxygen atoms in total. The lowest BCUT2D eigenvalue weighted by molar-refractivity contribution is 0.243. The van der Waals surface area contributed by atoms with Gasteiger partial charge in [0.2, 0.25) is 0 Å². The second-order valence-corrected chi connectivity index (χ2v) is 4.62. The van der Waals surface area contributed by atoms with Crippen molar-refractivity contribution in [1.82, 2.24) is 0 Å². The van der Waals surface area contributed by atoms with Crippen LogP contribution in [-0.2, 0) is 5.41 Å². The van der Waals surface area contributed by atoms with Crippen LogP contribution in [0.4, 0.5) is 0 Å². The van der Waals surface area contributed by atoms with Gasteiger partial charge in [0.1, 0.15) is 5.75 Å². The zero-order chi connectivity index (χ0) is 11.1. The van der Waals surface area contributed by atoms with Gasteiger partial charge < -0.3 is 9.84 Å². The fraction of sp³-hybridized carbons (Fsp3) is 0.538. The number of aryl methyl sites for hydroxylation is 1. The quantitative estimate of drug-likeness (QED) is 0.822. The summed E-state index contributed by atoms with van der Waals surface area (Å²) in [4.78, 5) is 0. The first-order valence-corrected chi connectivity index (χ1v) is 5.40. The van der Waals surface area contributed by atoms with Gasteiger partial charge in [-0.25, -0.2) is 0 Å². The van der Waals surface area contributed by atoms with Crippen molar-refractivity contribution < 1.29 is 9.84 Å². The molecule has 0 aliphatic heterocycles. The van der Waals surface area contributed by atoms with Gasteiger partial charge in [0.15, 0.2) is 0 Å². The van der Waals surface area contributed by atoms with E-state index in [2.05, 4.69) is 19.9 Å². The minimum atomic E-state index is -0.0443. The number of aliphatic hydroxyl groups excluding tert-OH is 1. The van der Waals surface area contributed by atoms with E-state index in [1.54, 1.807) is 7.11 Å². The Hall–Kier alpha value is -1.02. The second-order valence-electron chi connectivity index (χ2n) is 4.62. The van der Waals surface area contributed by atoms with E-state index in [0.29, 0.717) is 5.92 Å². The Morgan fingerprint density at radius 2 is 2.20 bits per heavy atom. The Morgan fingerprint density at radius 3 is 2.67 bits per heavy atom. The molecule has 1 N–H and O–H groups in total. The number of aliphatic hydroxyl groups is 1. The molecule has 2 atom stereocenters. The van der Waals surface area contributed by atoms with E-state index in [0.717, 1.165) is 12.2 Å². The predicted molar refractivity (Wildman–Crippen MR) is 60.3 cm³/mol. The molecule has 2 rings (SSSR count). The molecule has 0 bridgehead atoms. The lowest BCUT2D eigenvalue weighted by atomic mass is 9.92. The summed E-state index contributed by atoms with van der Waals surface area (Å²) in [6.45, 7) is 4.47. The van der Waals surface area contributed by atoms with E-state index in [-0.39, 0.29) is 12.0 Å². The molecule has 0 heterocycles. The maximum Gasteiger partial charge on any atom is 0.122 e. The minimum Gasteiger partial charge on any atom is -0.496 e. The van der Waals surface area contributed by atoms with Crippen LogP contribution in [0.25, 0.3) is 0 Å². The molecule has 0 amide bonds. The zero-order valence-electron chi connectivity index (χ0n) is 9.58. The Kier molecular flexibility index (Phi) is 2.47. The lowest BCUT2D eigenvalue weighted by Gasteiger charge is -2.18. The highest BCUT2D eigenvalue weighted by atomic mass is 16.5. The first-order chi connectivity index (χ1) is 7.14. The highest BCUT2D eigenvalue weighted by Crippen LogP contribution is 2.56. The van der Waals surface area contributed by atoms with Crippen LogP contribution < -0.4 is 4.74 Å². The first kappa shape index (κ1) is 10.5. The third-order valence-corrected chi connectivity index (χ3v) is 3.63. The van der Waals surface area contributed by atoms with Gasteiger partial charge in [-0.15, -0.1) is 0 Å². The van der Waals surface area contributed by atoms with Crippen LogP contribution >= 0.6 is 0 Å². The van der Waals surface area contributed by atoms with Crippen molar-refractivity contribution in [1.29, 1.82) is 0 Å². The average Bonchev–Trinajstić information content (AvgIpc) is 2.91. The fourth-order valence-electron chi connectivity index (χ4n) is 2.38. The summed E-state index contributed by atoms with van der Waals surface area (Å²) in [6, 6.07) is 6.17. The van der Waals surface area contributed by atoms with Crippen LogP contribution in [0, 0.1) is 12.8 Å². The molecule has 0 radical (unpaired) electrons. The molecule has 1 saturated carbocycles. The molecule has 1 aliphatic carbocycles. The van der Waals surface area contributed by atoms with E-state index in [9.17, 15) is 5.11 Å². The van der Waals surface area contributed by atoms with Crippen LogP contribution in [0.2, 0.25) is 0 Å². The molecule has 15 heavy (non-hydrogen) atoms. The monoisotopic (exact) mass is 206 g/mol. The van der Waals surface area contributed by atoms with Gasteiger partial charge >= 0.3 is 0 Å². The smallest absolute Gasteiger partial charge is 0.122 e. The topological polar surface area (TPSA) is 29.5 Å². The summed E-state index contributed by atoms with van der Waals surface area (Å²) in [5.41, 5.74) is 2.34. The lowest BCUT2D eigenvalue weighted by Crippen LogP contribution is -2.16. The number of ether oxygens (including phenoxy) is 1. The van der Waals surface area contributed by atoms with E-state index in [1.807, 2.05) is 12.1 Å². The minimum absolute atomic E-state index is 0.0443. The summed E-state index contributed by atoms with van der Waals surface area (Å²) in [5, 5.41) is 9.54.